The fourth-order valence-electron chi connectivity index (χ4n) is 8.46. The van der Waals surface area contributed by atoms with Crippen molar-refractivity contribution in [2.45, 2.75) is 38.0 Å². The normalized spacial score (nSPS) is 27.7. The fraction of sp³-hybridized carbons (Fsp3) is 0.333. The minimum atomic E-state index is -5.22. The number of carbonyl (C=O) groups is 4. The predicted octanol–water partition coefficient (Wildman–Crippen LogP) is 7.48. The van der Waals surface area contributed by atoms with Crippen LogP contribution in [0.1, 0.15) is 42.4 Å². The highest BCUT2D eigenvalue weighted by Gasteiger charge is 2.67. The van der Waals surface area contributed by atoms with E-state index in [2.05, 4.69) is 0 Å². The van der Waals surface area contributed by atoms with Crippen LogP contribution in [0.3, 0.4) is 0 Å². The van der Waals surface area contributed by atoms with Gasteiger partial charge in [0.25, 0.3) is 0 Å². The molecule has 3 aromatic carbocycles. The maximum Gasteiger partial charge on any atom is 0.416 e. The highest BCUT2D eigenvalue weighted by molar-refractivity contribution is 14.1. The van der Waals surface area contributed by atoms with E-state index in [1.54, 1.807) is 49.4 Å². The number of fused-ring (bicyclic) bond motifs is 4. The predicted molar refractivity (Wildman–Crippen MR) is 177 cm³/mol. The van der Waals surface area contributed by atoms with Crippen LogP contribution >= 0.6 is 22.6 Å². The summed E-state index contributed by atoms with van der Waals surface area (Å²) in [6.07, 6.45) is -8.94. The lowest BCUT2D eigenvalue weighted by molar-refractivity contribution is -0.143. The number of anilines is 2. The van der Waals surface area contributed by atoms with Crippen molar-refractivity contribution in [1.29, 1.82) is 0 Å². The summed E-state index contributed by atoms with van der Waals surface area (Å²) in [7, 11) is 1.34. The number of amides is 4. The molecule has 2 heterocycles. The van der Waals surface area contributed by atoms with Gasteiger partial charge in [0, 0.05) is 5.92 Å². The van der Waals surface area contributed by atoms with Gasteiger partial charge in [-0.25, -0.2) is 9.80 Å². The second-order valence-electron chi connectivity index (χ2n) is 13.3. The zero-order chi connectivity index (χ0) is 36.9. The van der Waals surface area contributed by atoms with Gasteiger partial charge in [-0.15, -0.1) is 0 Å². The zero-order valence-electron chi connectivity index (χ0n) is 26.7. The number of alkyl halides is 6. The number of benzene rings is 3. The van der Waals surface area contributed by atoms with Crippen LogP contribution in [0.25, 0.3) is 0 Å². The summed E-state index contributed by atoms with van der Waals surface area (Å²) in [6.45, 7) is 1.65. The van der Waals surface area contributed by atoms with Crippen molar-refractivity contribution >= 4 is 57.6 Å². The van der Waals surface area contributed by atoms with Gasteiger partial charge in [-0.1, -0.05) is 29.8 Å². The van der Waals surface area contributed by atoms with Gasteiger partial charge in [0.05, 0.1) is 56.4 Å². The number of phenolic OH excluding ortho intramolecular Hbond substituents is 1. The van der Waals surface area contributed by atoms with Crippen molar-refractivity contribution in [2.75, 3.05) is 16.9 Å². The minimum Gasteiger partial charge on any atom is -0.504 e. The Morgan fingerprint density at radius 1 is 0.824 bits per heavy atom. The highest BCUT2D eigenvalue weighted by atomic mass is 127. The number of hydrogen-bond acceptors (Lipinski definition) is 6. The molecule has 0 bridgehead atoms. The van der Waals surface area contributed by atoms with Crippen LogP contribution in [0.15, 0.2) is 72.3 Å². The number of hydrogen-bond donors (Lipinski definition) is 1. The smallest absolute Gasteiger partial charge is 0.416 e. The Balaban J connectivity index is 1.38. The van der Waals surface area contributed by atoms with Crippen molar-refractivity contribution in [3.8, 4) is 11.5 Å². The Morgan fingerprint density at radius 3 is 2.04 bits per heavy atom. The first-order valence-corrected chi connectivity index (χ1v) is 16.8. The van der Waals surface area contributed by atoms with E-state index in [0.29, 0.717) is 37.4 Å². The quantitative estimate of drug-likeness (QED) is 0.127. The largest absolute Gasteiger partial charge is 0.504 e. The number of allylic oxidation sites excluding steroid dienone is 2. The van der Waals surface area contributed by atoms with Gasteiger partial charge < -0.3 is 9.84 Å². The van der Waals surface area contributed by atoms with Crippen molar-refractivity contribution in [3.05, 3.63) is 92.6 Å². The number of methoxy groups -OCH3 is 1. The van der Waals surface area contributed by atoms with E-state index in [1.807, 2.05) is 22.6 Å². The molecule has 0 unspecified atom stereocenters. The lowest BCUT2D eigenvalue weighted by atomic mass is 9.51. The molecule has 7 rings (SSSR count). The molecule has 1 N–H and O–H groups in total. The van der Waals surface area contributed by atoms with E-state index < -0.39 is 87.8 Å². The molecule has 3 fully saturated rings. The molecule has 3 aromatic rings. The van der Waals surface area contributed by atoms with Crippen LogP contribution in [-0.4, -0.2) is 35.8 Å². The van der Waals surface area contributed by atoms with Crippen LogP contribution in [0, 0.1) is 32.7 Å². The number of carbonyl (C=O) groups excluding carboxylic acids is 4. The Labute approximate surface area is 300 Å². The van der Waals surface area contributed by atoms with E-state index in [0.717, 1.165) is 4.90 Å². The Morgan fingerprint density at radius 2 is 1.45 bits per heavy atom. The van der Waals surface area contributed by atoms with E-state index in [1.165, 1.54) is 13.2 Å². The molecule has 266 valence electrons. The van der Waals surface area contributed by atoms with Crippen molar-refractivity contribution in [1.82, 2.24) is 0 Å². The molecule has 0 radical (unpaired) electrons. The molecule has 0 aromatic heterocycles. The maximum absolute atomic E-state index is 14.5. The Bertz CT molecular complexity index is 2020. The number of aromatic hydroxyl groups is 1. The van der Waals surface area contributed by atoms with Crippen molar-refractivity contribution in [2.24, 2.45) is 29.1 Å². The molecule has 51 heavy (non-hydrogen) atoms. The molecule has 1 saturated carbocycles. The van der Waals surface area contributed by atoms with Crippen molar-refractivity contribution < 1.29 is 55.4 Å². The second kappa shape index (κ2) is 11.8. The summed E-state index contributed by atoms with van der Waals surface area (Å²) in [5.74, 6) is -8.36. The standard InChI is InChI=1S/C36H27F6IN2O6/c1-34-24(31(48)45(33(34)50)19-6-4-3-5-7-19)15-23-21(28(34)16-10-25(43)29(46)26(11-16)51-2)8-9-22-27(23)32(49)44(30(22)47)20-13-17(35(37,38)39)12-18(14-20)36(40,41)42/h3-8,10-14,22-24,27-28,46H,9,15H2,1-2H3/t22-,23+,24-,27-,28-,34+/m0/s1. The average Bonchev–Trinajstić information content (AvgIpc) is 3.44. The highest BCUT2D eigenvalue weighted by Crippen LogP contribution is 2.64. The second-order valence-corrected chi connectivity index (χ2v) is 14.5. The lowest BCUT2D eigenvalue weighted by Gasteiger charge is -2.49. The number of rotatable bonds is 4. The van der Waals surface area contributed by atoms with Crippen LogP contribution in [0.5, 0.6) is 11.5 Å². The van der Waals surface area contributed by atoms with Gasteiger partial charge in [0.15, 0.2) is 11.5 Å². The maximum atomic E-state index is 14.5. The number of nitrogens with zero attached hydrogens (tertiary/aromatic N) is 2. The first kappa shape index (κ1) is 35.0. The Kier molecular flexibility index (Phi) is 8.11. The molecule has 4 aliphatic rings. The summed E-state index contributed by atoms with van der Waals surface area (Å²) in [5, 5.41) is 10.6. The van der Waals surface area contributed by atoms with E-state index in [4.69, 9.17) is 4.74 Å². The third-order valence-electron chi connectivity index (χ3n) is 10.7. The van der Waals surface area contributed by atoms with Crippen LogP contribution in [-0.2, 0) is 31.5 Å². The van der Waals surface area contributed by atoms with Gasteiger partial charge in [0.1, 0.15) is 0 Å². The number of para-hydroxylation sites is 1. The summed E-state index contributed by atoms with van der Waals surface area (Å²) in [6, 6.07) is 12.0. The molecule has 8 nitrogen and oxygen atoms in total. The minimum absolute atomic E-state index is 0.0773. The first-order chi connectivity index (χ1) is 23.9. The molecule has 6 atom stereocenters. The number of ether oxygens (including phenoxy) is 1. The molecule has 0 spiro atoms. The van der Waals surface area contributed by atoms with E-state index in [9.17, 15) is 50.6 Å². The summed E-state index contributed by atoms with van der Waals surface area (Å²) >= 11 is 1.89. The third kappa shape index (κ3) is 5.24. The summed E-state index contributed by atoms with van der Waals surface area (Å²) in [5.41, 5.74) is -4.35. The van der Waals surface area contributed by atoms with Crippen LogP contribution < -0.4 is 14.5 Å². The third-order valence-corrected chi connectivity index (χ3v) is 11.5. The van der Waals surface area contributed by atoms with Crippen LogP contribution in [0.2, 0.25) is 0 Å². The number of halogens is 7. The lowest BCUT2D eigenvalue weighted by Crippen LogP contribution is -2.49. The fourth-order valence-corrected chi connectivity index (χ4v) is 9.08. The average molecular weight is 825 g/mol. The molecule has 2 saturated heterocycles. The van der Waals surface area contributed by atoms with Gasteiger partial charge in [-0.05, 0) is 96.3 Å². The van der Waals surface area contributed by atoms with Gasteiger partial charge in [0.2, 0.25) is 23.6 Å². The van der Waals surface area contributed by atoms with Gasteiger partial charge in [-0.2, -0.15) is 26.3 Å². The molecule has 2 aliphatic heterocycles. The number of phenols is 1. The summed E-state index contributed by atoms with van der Waals surface area (Å²) in [4.78, 5) is 58.4. The van der Waals surface area contributed by atoms with Gasteiger partial charge in [-0.3, -0.25) is 19.2 Å². The first-order valence-electron chi connectivity index (χ1n) is 15.8. The molecular formula is C36H27F6IN2O6. The molecule has 4 amide bonds. The topological polar surface area (TPSA) is 104 Å². The number of imide groups is 2. The van der Waals surface area contributed by atoms with Gasteiger partial charge >= 0.3 is 12.4 Å². The van der Waals surface area contributed by atoms with Crippen LogP contribution in [0.4, 0.5) is 37.7 Å². The van der Waals surface area contributed by atoms with E-state index in [-0.39, 0.29) is 30.4 Å². The summed E-state index contributed by atoms with van der Waals surface area (Å²) < 4.78 is 88.4. The zero-order valence-corrected chi connectivity index (χ0v) is 28.8. The monoisotopic (exact) mass is 824 g/mol. The Hall–Kier alpha value is -4.41. The molecule has 15 heteroatoms. The molecular weight excluding hydrogens is 797 g/mol. The van der Waals surface area contributed by atoms with Crippen molar-refractivity contribution in [3.63, 3.8) is 0 Å². The molecule has 2 aliphatic carbocycles. The SMILES string of the molecule is COc1cc([C@H]2C3=CC[C@@H]4C(=O)N(c5cc(C(F)(F)F)cc(C(F)(F)F)c5)C(=O)[C@@H]4[C@@H]3C[C@H]3C(=O)N(c4ccccc4)C(=O)[C@@]23C)cc(I)c1O. The van der Waals surface area contributed by atoms with E-state index >= 15 is 0 Å².